The Bertz CT molecular complexity index is 846. The molecule has 3 aromatic rings. The maximum Gasteiger partial charge on any atom is 0.374 e. The Kier molecular flexibility index (Phi) is 2.56. The van der Waals surface area contributed by atoms with Crippen LogP contribution in [0.5, 0.6) is 0 Å². The third-order valence-electron chi connectivity index (χ3n) is 3.01. The van der Waals surface area contributed by atoms with E-state index < -0.39 is 5.97 Å². The minimum Gasteiger partial charge on any atom is -0.463 e. The molecule has 0 aliphatic carbocycles. The van der Waals surface area contributed by atoms with Gasteiger partial charge in [-0.2, -0.15) is 0 Å². The number of benzene rings is 2. The summed E-state index contributed by atoms with van der Waals surface area (Å²) in [6.45, 7) is 0. The van der Waals surface area contributed by atoms with Gasteiger partial charge in [0, 0.05) is 11.5 Å². The van der Waals surface area contributed by atoms with Gasteiger partial charge in [-0.3, -0.25) is 4.79 Å². The topological polar surface area (TPSA) is 56.5 Å². The lowest BCUT2D eigenvalue weighted by atomic mass is 10.1. The summed E-state index contributed by atoms with van der Waals surface area (Å²) in [7, 11) is 1.25. The van der Waals surface area contributed by atoms with Crippen LogP contribution in [0.1, 0.15) is 10.6 Å². The zero-order valence-electron chi connectivity index (χ0n) is 10.2. The number of hydrogen-bond donors (Lipinski definition) is 0. The highest BCUT2D eigenvalue weighted by atomic mass is 16.5. The summed E-state index contributed by atoms with van der Waals surface area (Å²) in [4.78, 5) is 23.5. The Morgan fingerprint density at radius 1 is 1.11 bits per heavy atom. The Morgan fingerprint density at radius 2 is 1.89 bits per heavy atom. The summed E-state index contributed by atoms with van der Waals surface area (Å²) in [5, 5.41) is 2.19. The summed E-state index contributed by atoms with van der Waals surface area (Å²) >= 11 is 0. The molecule has 0 atom stereocenters. The normalized spacial score (nSPS) is 10.8. The van der Waals surface area contributed by atoms with E-state index in [2.05, 4.69) is 4.74 Å². The highest BCUT2D eigenvalue weighted by Gasteiger charge is 2.13. The van der Waals surface area contributed by atoms with Crippen LogP contribution < -0.4 is 5.43 Å². The molecule has 19 heavy (non-hydrogen) atoms. The lowest BCUT2D eigenvalue weighted by Gasteiger charge is -2.04. The zero-order valence-corrected chi connectivity index (χ0v) is 10.2. The SMILES string of the molecule is COC(=O)c1cc(=O)c2ccc3ccccc3c2o1. The summed E-state index contributed by atoms with van der Waals surface area (Å²) in [5.74, 6) is -0.747. The molecule has 0 aliphatic rings. The van der Waals surface area contributed by atoms with E-state index in [1.54, 1.807) is 6.07 Å². The molecule has 0 radical (unpaired) electrons. The Balaban J connectivity index is 2.47. The Hall–Kier alpha value is -2.62. The number of rotatable bonds is 1. The van der Waals surface area contributed by atoms with Gasteiger partial charge in [0.1, 0.15) is 5.58 Å². The molecule has 0 saturated heterocycles. The van der Waals surface area contributed by atoms with Crippen LogP contribution in [0.2, 0.25) is 0 Å². The molecule has 3 rings (SSSR count). The fraction of sp³-hybridized carbons (Fsp3) is 0.0667. The number of carbonyl (C=O) groups excluding carboxylic acids is 1. The smallest absolute Gasteiger partial charge is 0.374 e. The molecule has 0 saturated carbocycles. The lowest BCUT2D eigenvalue weighted by Crippen LogP contribution is -2.08. The van der Waals surface area contributed by atoms with Crippen LogP contribution in [0.4, 0.5) is 0 Å². The van der Waals surface area contributed by atoms with Crippen LogP contribution in [0.25, 0.3) is 21.7 Å². The van der Waals surface area contributed by atoms with Gasteiger partial charge in [0.25, 0.3) is 0 Å². The maximum atomic E-state index is 12.0. The predicted octanol–water partition coefficient (Wildman–Crippen LogP) is 2.73. The van der Waals surface area contributed by atoms with E-state index in [1.807, 2.05) is 30.3 Å². The number of esters is 1. The van der Waals surface area contributed by atoms with Gasteiger partial charge in [-0.05, 0) is 11.5 Å². The van der Waals surface area contributed by atoms with Gasteiger partial charge in [0.2, 0.25) is 5.76 Å². The molecule has 0 N–H and O–H groups in total. The van der Waals surface area contributed by atoms with E-state index in [1.165, 1.54) is 7.11 Å². The largest absolute Gasteiger partial charge is 0.463 e. The van der Waals surface area contributed by atoms with Gasteiger partial charge in [-0.1, -0.05) is 30.3 Å². The number of methoxy groups -OCH3 is 1. The van der Waals surface area contributed by atoms with Crippen LogP contribution in [-0.4, -0.2) is 13.1 Å². The summed E-state index contributed by atoms with van der Waals surface area (Å²) in [5.41, 5.74) is 0.151. The van der Waals surface area contributed by atoms with E-state index in [0.717, 1.165) is 16.8 Å². The van der Waals surface area contributed by atoms with Crippen molar-refractivity contribution in [1.82, 2.24) is 0 Å². The van der Waals surface area contributed by atoms with Crippen molar-refractivity contribution in [2.24, 2.45) is 0 Å². The lowest BCUT2D eigenvalue weighted by molar-refractivity contribution is 0.0566. The molecule has 94 valence electrons. The molecule has 1 aromatic heterocycles. The number of carbonyl (C=O) groups is 1. The Labute approximate surface area is 108 Å². The maximum absolute atomic E-state index is 12.0. The second kappa shape index (κ2) is 4.24. The first-order valence-corrected chi connectivity index (χ1v) is 5.74. The third-order valence-corrected chi connectivity index (χ3v) is 3.01. The van der Waals surface area contributed by atoms with Crippen LogP contribution in [0, 0.1) is 0 Å². The fourth-order valence-corrected chi connectivity index (χ4v) is 2.08. The van der Waals surface area contributed by atoms with Gasteiger partial charge in [0.05, 0.1) is 12.5 Å². The average Bonchev–Trinajstić information content (AvgIpc) is 2.46. The summed E-state index contributed by atoms with van der Waals surface area (Å²) < 4.78 is 10.1. The molecule has 1 heterocycles. The summed E-state index contributed by atoms with van der Waals surface area (Å²) in [6.07, 6.45) is 0. The van der Waals surface area contributed by atoms with Crippen molar-refractivity contribution in [2.45, 2.75) is 0 Å². The molecule has 0 aliphatic heterocycles. The van der Waals surface area contributed by atoms with Gasteiger partial charge in [-0.25, -0.2) is 4.79 Å². The molecule has 2 aromatic carbocycles. The standard InChI is InChI=1S/C15H10O4/c1-18-15(17)13-8-12(16)11-7-6-9-4-2-3-5-10(9)14(11)19-13/h2-8H,1H3. The highest BCUT2D eigenvalue weighted by Crippen LogP contribution is 2.24. The van der Waals surface area contributed by atoms with E-state index in [0.29, 0.717) is 11.0 Å². The quantitative estimate of drug-likeness (QED) is 0.495. The van der Waals surface area contributed by atoms with Crippen LogP contribution in [0.3, 0.4) is 0 Å². The number of hydrogen-bond acceptors (Lipinski definition) is 4. The van der Waals surface area contributed by atoms with Crippen molar-refractivity contribution >= 4 is 27.7 Å². The minimum absolute atomic E-state index is 0.0867. The third kappa shape index (κ3) is 1.78. The molecule has 0 unspecified atom stereocenters. The molecular weight excluding hydrogens is 244 g/mol. The van der Waals surface area contributed by atoms with Gasteiger partial charge in [-0.15, -0.1) is 0 Å². The van der Waals surface area contributed by atoms with Crippen molar-refractivity contribution in [3.05, 3.63) is 58.4 Å². The minimum atomic E-state index is -0.660. The number of fused-ring (bicyclic) bond motifs is 3. The summed E-state index contributed by atoms with van der Waals surface area (Å²) in [6, 6.07) is 12.2. The second-order valence-electron chi connectivity index (χ2n) is 4.13. The van der Waals surface area contributed by atoms with E-state index in [-0.39, 0.29) is 11.2 Å². The first kappa shape index (κ1) is 11.5. The van der Waals surface area contributed by atoms with Gasteiger partial charge < -0.3 is 9.15 Å². The predicted molar refractivity (Wildman–Crippen MR) is 71.3 cm³/mol. The van der Waals surface area contributed by atoms with Crippen LogP contribution >= 0.6 is 0 Å². The molecule has 0 fully saturated rings. The van der Waals surface area contributed by atoms with Crippen molar-refractivity contribution < 1.29 is 13.9 Å². The van der Waals surface area contributed by atoms with Crippen molar-refractivity contribution in [3.8, 4) is 0 Å². The molecule has 0 amide bonds. The van der Waals surface area contributed by atoms with Crippen molar-refractivity contribution in [3.63, 3.8) is 0 Å². The van der Waals surface area contributed by atoms with Crippen molar-refractivity contribution in [1.29, 1.82) is 0 Å². The molecule has 0 spiro atoms. The zero-order chi connectivity index (χ0) is 13.4. The number of ether oxygens (including phenoxy) is 1. The van der Waals surface area contributed by atoms with E-state index >= 15 is 0 Å². The average molecular weight is 254 g/mol. The highest BCUT2D eigenvalue weighted by molar-refractivity contribution is 6.04. The molecular formula is C15H10O4. The van der Waals surface area contributed by atoms with Gasteiger partial charge in [0.15, 0.2) is 5.43 Å². The van der Waals surface area contributed by atoms with Crippen LogP contribution in [0.15, 0.2) is 51.7 Å². The van der Waals surface area contributed by atoms with E-state index in [9.17, 15) is 9.59 Å². The Morgan fingerprint density at radius 3 is 2.68 bits per heavy atom. The first-order valence-electron chi connectivity index (χ1n) is 5.74. The van der Waals surface area contributed by atoms with Gasteiger partial charge >= 0.3 is 5.97 Å². The monoisotopic (exact) mass is 254 g/mol. The second-order valence-corrected chi connectivity index (χ2v) is 4.13. The van der Waals surface area contributed by atoms with Crippen LogP contribution in [-0.2, 0) is 4.74 Å². The first-order chi connectivity index (χ1) is 9.20. The molecule has 0 bridgehead atoms. The fourth-order valence-electron chi connectivity index (χ4n) is 2.08. The van der Waals surface area contributed by atoms with Crippen molar-refractivity contribution in [2.75, 3.05) is 7.11 Å². The molecule has 4 heteroatoms. The molecule has 4 nitrogen and oxygen atoms in total. The van der Waals surface area contributed by atoms with E-state index in [4.69, 9.17) is 4.42 Å².